The van der Waals surface area contributed by atoms with E-state index in [4.69, 9.17) is 9.73 Å². The van der Waals surface area contributed by atoms with Gasteiger partial charge in [0.2, 0.25) is 0 Å². The fraction of sp³-hybridized carbons (Fsp3) is 0.700. The van der Waals surface area contributed by atoms with Gasteiger partial charge in [-0.2, -0.15) is 5.10 Å². The Labute approximate surface area is 174 Å². The minimum Gasteiger partial charge on any atom is -0.382 e. The molecule has 162 valence electrons. The lowest BCUT2D eigenvalue weighted by atomic mass is 10.1. The number of guanidine groups is 1. The SMILES string of the molecule is CCOCCCNC(=NCc1c(CC)nn(C)c1CC)NCc1nnc(C)n1C. The molecule has 2 rings (SSSR count). The van der Waals surface area contributed by atoms with Crippen molar-refractivity contribution in [2.75, 3.05) is 19.8 Å². The van der Waals surface area contributed by atoms with Gasteiger partial charge in [0.15, 0.2) is 11.8 Å². The molecule has 0 aliphatic carbocycles. The van der Waals surface area contributed by atoms with E-state index in [1.807, 2.05) is 37.2 Å². The van der Waals surface area contributed by atoms with Gasteiger partial charge >= 0.3 is 0 Å². The Balaban J connectivity index is 2.09. The molecule has 0 radical (unpaired) electrons. The maximum absolute atomic E-state index is 5.42. The van der Waals surface area contributed by atoms with Crippen molar-refractivity contribution in [3.05, 3.63) is 28.6 Å². The van der Waals surface area contributed by atoms with Gasteiger partial charge in [0, 0.05) is 45.1 Å². The predicted molar refractivity (Wildman–Crippen MR) is 115 cm³/mol. The summed E-state index contributed by atoms with van der Waals surface area (Å²) in [7, 11) is 3.97. The van der Waals surface area contributed by atoms with E-state index >= 15 is 0 Å². The zero-order valence-corrected chi connectivity index (χ0v) is 18.7. The van der Waals surface area contributed by atoms with E-state index in [0.717, 1.165) is 62.3 Å². The highest BCUT2D eigenvalue weighted by Gasteiger charge is 2.13. The molecule has 2 N–H and O–H groups in total. The second-order valence-corrected chi connectivity index (χ2v) is 6.92. The molecule has 0 fully saturated rings. The zero-order chi connectivity index (χ0) is 21.2. The van der Waals surface area contributed by atoms with Crippen LogP contribution in [0.3, 0.4) is 0 Å². The smallest absolute Gasteiger partial charge is 0.191 e. The first-order valence-electron chi connectivity index (χ1n) is 10.5. The number of rotatable bonds is 11. The molecular formula is C20H36N8O. The fourth-order valence-corrected chi connectivity index (χ4v) is 3.20. The van der Waals surface area contributed by atoms with Gasteiger partial charge in [-0.3, -0.25) is 4.68 Å². The average molecular weight is 405 g/mol. The number of ether oxygens (including phenoxy) is 1. The van der Waals surface area contributed by atoms with Gasteiger partial charge < -0.3 is 19.9 Å². The number of nitrogens with one attached hydrogen (secondary N) is 2. The number of aliphatic imine (C=N–C) groups is 1. The standard InChI is InChI=1S/C20H36N8O/c1-7-17-16(18(8-2)28(6)26-17)13-22-20(21-11-10-12-29-9-3)23-14-19-25-24-15(4)27(19)5/h7-14H2,1-6H3,(H2,21,22,23). The van der Waals surface area contributed by atoms with Gasteiger partial charge in [-0.1, -0.05) is 13.8 Å². The molecule has 0 amide bonds. The molecule has 0 unspecified atom stereocenters. The fourth-order valence-electron chi connectivity index (χ4n) is 3.20. The molecule has 0 atom stereocenters. The zero-order valence-electron chi connectivity index (χ0n) is 18.7. The summed E-state index contributed by atoms with van der Waals surface area (Å²) in [6.45, 7) is 11.7. The van der Waals surface area contributed by atoms with Crippen LogP contribution in [-0.2, 0) is 44.8 Å². The van der Waals surface area contributed by atoms with Crippen LogP contribution in [0.15, 0.2) is 4.99 Å². The van der Waals surface area contributed by atoms with Crippen LogP contribution in [0, 0.1) is 6.92 Å². The van der Waals surface area contributed by atoms with Crippen LogP contribution >= 0.6 is 0 Å². The third kappa shape index (κ3) is 6.28. The van der Waals surface area contributed by atoms with E-state index in [1.165, 1.54) is 11.3 Å². The third-order valence-electron chi connectivity index (χ3n) is 4.98. The Morgan fingerprint density at radius 1 is 1.10 bits per heavy atom. The monoisotopic (exact) mass is 404 g/mol. The molecule has 2 aromatic rings. The minimum atomic E-state index is 0.558. The van der Waals surface area contributed by atoms with Crippen molar-refractivity contribution >= 4 is 5.96 Å². The number of aryl methyl sites for hydroxylation is 3. The molecule has 0 spiro atoms. The van der Waals surface area contributed by atoms with E-state index in [0.29, 0.717) is 13.1 Å². The van der Waals surface area contributed by atoms with E-state index in [2.05, 4.69) is 39.8 Å². The first-order chi connectivity index (χ1) is 14.0. The van der Waals surface area contributed by atoms with E-state index in [1.54, 1.807) is 0 Å². The Morgan fingerprint density at radius 3 is 2.52 bits per heavy atom. The lowest BCUT2D eigenvalue weighted by Crippen LogP contribution is -2.38. The molecule has 0 saturated carbocycles. The van der Waals surface area contributed by atoms with Gasteiger partial charge in [-0.15, -0.1) is 10.2 Å². The highest BCUT2D eigenvalue weighted by Crippen LogP contribution is 2.16. The number of aromatic nitrogens is 5. The maximum atomic E-state index is 5.42. The van der Waals surface area contributed by atoms with Crippen molar-refractivity contribution in [3.63, 3.8) is 0 Å². The predicted octanol–water partition coefficient (Wildman–Crippen LogP) is 1.64. The highest BCUT2D eigenvalue weighted by molar-refractivity contribution is 5.79. The van der Waals surface area contributed by atoms with Crippen molar-refractivity contribution in [2.45, 2.75) is 60.0 Å². The van der Waals surface area contributed by atoms with Gasteiger partial charge in [0.1, 0.15) is 5.82 Å². The summed E-state index contributed by atoms with van der Waals surface area (Å²) >= 11 is 0. The van der Waals surface area contributed by atoms with Gasteiger partial charge in [0.05, 0.1) is 18.8 Å². The van der Waals surface area contributed by atoms with Crippen LogP contribution in [0.5, 0.6) is 0 Å². The summed E-state index contributed by atoms with van der Waals surface area (Å²) in [5.74, 6) is 2.52. The molecule has 0 saturated heterocycles. The molecular weight excluding hydrogens is 368 g/mol. The lowest BCUT2D eigenvalue weighted by Gasteiger charge is -2.13. The Hall–Kier alpha value is -2.42. The first-order valence-corrected chi connectivity index (χ1v) is 10.5. The summed E-state index contributed by atoms with van der Waals surface area (Å²) in [5, 5.41) is 19.8. The van der Waals surface area contributed by atoms with Crippen molar-refractivity contribution in [3.8, 4) is 0 Å². The minimum absolute atomic E-state index is 0.558. The molecule has 0 aliphatic heterocycles. The number of hydrogen-bond acceptors (Lipinski definition) is 5. The summed E-state index contributed by atoms with van der Waals surface area (Å²) in [4.78, 5) is 4.84. The van der Waals surface area contributed by atoms with E-state index in [-0.39, 0.29) is 0 Å². The van der Waals surface area contributed by atoms with Gasteiger partial charge in [-0.25, -0.2) is 4.99 Å². The van der Waals surface area contributed by atoms with Gasteiger partial charge in [-0.05, 0) is 33.1 Å². The van der Waals surface area contributed by atoms with Crippen molar-refractivity contribution in [2.24, 2.45) is 19.1 Å². The van der Waals surface area contributed by atoms with Crippen LogP contribution in [-0.4, -0.2) is 50.3 Å². The Bertz CT molecular complexity index is 793. The average Bonchev–Trinajstić information content (AvgIpc) is 3.21. The summed E-state index contributed by atoms with van der Waals surface area (Å²) in [5.41, 5.74) is 3.58. The molecule has 29 heavy (non-hydrogen) atoms. The molecule has 2 aromatic heterocycles. The Kier molecular flexibility index (Phi) is 9.11. The topological polar surface area (TPSA) is 94.2 Å². The lowest BCUT2D eigenvalue weighted by molar-refractivity contribution is 0.145. The van der Waals surface area contributed by atoms with Crippen LogP contribution < -0.4 is 10.6 Å². The maximum Gasteiger partial charge on any atom is 0.191 e. The number of hydrogen-bond donors (Lipinski definition) is 2. The van der Waals surface area contributed by atoms with E-state index < -0.39 is 0 Å². The second kappa shape index (κ2) is 11.5. The molecule has 0 aliphatic rings. The van der Waals surface area contributed by atoms with Gasteiger partial charge in [0.25, 0.3) is 0 Å². The summed E-state index contributed by atoms with van der Waals surface area (Å²) in [6, 6.07) is 0. The first kappa shape index (κ1) is 22.9. The summed E-state index contributed by atoms with van der Waals surface area (Å²) in [6.07, 6.45) is 2.77. The second-order valence-electron chi connectivity index (χ2n) is 6.92. The normalized spacial score (nSPS) is 11.9. The largest absolute Gasteiger partial charge is 0.382 e. The van der Waals surface area contributed by atoms with Crippen LogP contribution in [0.25, 0.3) is 0 Å². The molecule has 0 bridgehead atoms. The number of nitrogens with zero attached hydrogens (tertiary/aromatic N) is 6. The van der Waals surface area contributed by atoms with Crippen LogP contribution in [0.4, 0.5) is 0 Å². The summed E-state index contributed by atoms with van der Waals surface area (Å²) < 4.78 is 9.38. The quantitative estimate of drug-likeness (QED) is 0.336. The van der Waals surface area contributed by atoms with Crippen molar-refractivity contribution in [1.29, 1.82) is 0 Å². The molecule has 9 heteroatoms. The van der Waals surface area contributed by atoms with Crippen LogP contribution in [0.2, 0.25) is 0 Å². The molecule has 0 aromatic carbocycles. The van der Waals surface area contributed by atoms with Crippen LogP contribution in [0.1, 0.15) is 55.8 Å². The Morgan fingerprint density at radius 2 is 1.90 bits per heavy atom. The molecule has 2 heterocycles. The van der Waals surface area contributed by atoms with Crippen molar-refractivity contribution in [1.82, 2.24) is 35.2 Å². The van der Waals surface area contributed by atoms with Crippen molar-refractivity contribution < 1.29 is 4.74 Å². The molecule has 9 nitrogen and oxygen atoms in total. The highest BCUT2D eigenvalue weighted by atomic mass is 16.5. The van der Waals surface area contributed by atoms with E-state index in [9.17, 15) is 0 Å². The third-order valence-corrected chi connectivity index (χ3v) is 4.98.